The molecule has 1 heterocycles. The Morgan fingerprint density at radius 2 is 2.00 bits per heavy atom. The van der Waals surface area contributed by atoms with Crippen molar-refractivity contribution in [1.82, 2.24) is 10.6 Å². The summed E-state index contributed by atoms with van der Waals surface area (Å²) in [5, 5.41) is 16.3. The number of primary amides is 1. The van der Waals surface area contributed by atoms with Crippen molar-refractivity contribution in [2.45, 2.75) is 64.8 Å². The monoisotopic (exact) mass is 541 g/mol. The maximum atomic E-state index is 13.3. The van der Waals surface area contributed by atoms with Crippen LogP contribution < -0.4 is 16.4 Å². The van der Waals surface area contributed by atoms with Crippen molar-refractivity contribution in [1.29, 1.82) is 0 Å². The van der Waals surface area contributed by atoms with E-state index in [9.17, 15) is 24.3 Å². The lowest BCUT2D eigenvalue weighted by Crippen LogP contribution is -2.35. The number of rotatable bonds is 5. The van der Waals surface area contributed by atoms with Gasteiger partial charge in [-0.1, -0.05) is 43.7 Å². The quantitative estimate of drug-likeness (QED) is 0.306. The number of allylic oxidation sites excluding steroid dienone is 4. The Bertz CT molecular complexity index is 1130. The van der Waals surface area contributed by atoms with Crippen LogP contribution in [0, 0.1) is 5.92 Å². The Hall–Kier alpha value is -3.76. The fourth-order valence-electron chi connectivity index (χ4n) is 4.39. The van der Waals surface area contributed by atoms with Crippen LogP contribution in [-0.4, -0.2) is 60.6 Å². The number of methoxy groups -OCH3 is 1. The summed E-state index contributed by atoms with van der Waals surface area (Å²) in [5.41, 5.74) is 6.58. The molecule has 2 amide bonds. The van der Waals surface area contributed by atoms with Crippen molar-refractivity contribution in [3.05, 3.63) is 71.1 Å². The van der Waals surface area contributed by atoms with Crippen molar-refractivity contribution in [3.63, 3.8) is 0 Å². The lowest BCUT2D eigenvalue weighted by Gasteiger charge is -2.25. The van der Waals surface area contributed by atoms with E-state index in [1.54, 1.807) is 38.2 Å². The Morgan fingerprint density at radius 3 is 2.64 bits per heavy atom. The van der Waals surface area contributed by atoms with Crippen LogP contribution >= 0.6 is 0 Å². The molecule has 2 rings (SSSR count). The lowest BCUT2D eigenvalue weighted by molar-refractivity contribution is -0.120. The lowest BCUT2D eigenvalue weighted by atomic mass is 9.91. The molecule has 10 heteroatoms. The molecule has 10 nitrogen and oxygen atoms in total. The summed E-state index contributed by atoms with van der Waals surface area (Å²) < 4.78 is 10.8. The molecule has 0 radical (unpaired) electrons. The maximum Gasteiger partial charge on any atom is 0.405 e. The number of hydrogen-bond acceptors (Lipinski definition) is 8. The van der Waals surface area contributed by atoms with Crippen LogP contribution in [0.2, 0.25) is 0 Å². The van der Waals surface area contributed by atoms with Crippen molar-refractivity contribution in [3.8, 4) is 0 Å². The van der Waals surface area contributed by atoms with Gasteiger partial charge >= 0.3 is 6.09 Å². The number of aliphatic hydroxyl groups excluding tert-OH is 1. The SMILES string of the molecule is C=CCNC1=C2CCCC[C@H](O)C(C)/C=C(\C)[C@H](OC(N)=O)[C@@H](OC)/C=C\C=C(/C)C(=O)NC(=CC1=O)C2=O. The van der Waals surface area contributed by atoms with Gasteiger partial charge in [0.05, 0.1) is 17.5 Å². The molecule has 0 aromatic heterocycles. The summed E-state index contributed by atoms with van der Waals surface area (Å²) in [6.07, 6.45) is 7.74. The van der Waals surface area contributed by atoms with Gasteiger partial charge in [0.2, 0.25) is 11.6 Å². The standard InChI is InChI=1S/C29H39N3O7/c1-6-14-31-25-20-11-7-8-12-22(33)18(3)15-19(4)27(39-29(30)37)24(38-5)13-9-10-17(2)28(36)32-21(26(20)35)16-23(25)34/h6,9-10,13,15-16,18,22,24,27,31,33H,1,7-8,11-12,14H2,2-5H3,(H2,30,37)(H,32,36)/b13-9-,17-10+,19-15+/t18?,22-,24-,27-/m0/s1. The average molecular weight is 542 g/mol. The fourth-order valence-corrected chi connectivity index (χ4v) is 4.39. The first-order chi connectivity index (χ1) is 18.5. The first-order valence-corrected chi connectivity index (χ1v) is 12.9. The molecular formula is C29H39N3O7. The predicted octanol–water partition coefficient (Wildman–Crippen LogP) is 2.67. The van der Waals surface area contributed by atoms with Crippen LogP contribution in [0.15, 0.2) is 71.1 Å². The highest BCUT2D eigenvalue weighted by atomic mass is 16.6. The van der Waals surface area contributed by atoms with Crippen molar-refractivity contribution in [2.24, 2.45) is 11.7 Å². The van der Waals surface area contributed by atoms with E-state index in [0.29, 0.717) is 31.4 Å². The van der Waals surface area contributed by atoms with E-state index >= 15 is 0 Å². The number of nitrogens with two attached hydrogens (primary N) is 1. The third kappa shape index (κ3) is 8.90. The zero-order valence-corrected chi connectivity index (χ0v) is 23.0. The minimum absolute atomic E-state index is 0.100. The number of amides is 2. The Kier molecular flexibility index (Phi) is 12.1. The van der Waals surface area contributed by atoms with E-state index in [2.05, 4.69) is 17.2 Å². The number of carbonyl (C=O) groups excluding carboxylic acids is 4. The first kappa shape index (κ1) is 31.5. The summed E-state index contributed by atoms with van der Waals surface area (Å²) in [6.45, 7) is 9.10. The first-order valence-electron chi connectivity index (χ1n) is 12.9. The van der Waals surface area contributed by atoms with Gasteiger partial charge in [-0.25, -0.2) is 4.79 Å². The van der Waals surface area contributed by atoms with Crippen LogP contribution in [0.5, 0.6) is 0 Å². The number of carbonyl (C=O) groups is 4. The molecule has 0 saturated heterocycles. The fraction of sp³-hybridized carbons (Fsp3) is 0.448. The van der Waals surface area contributed by atoms with Gasteiger partial charge in [-0.2, -0.15) is 0 Å². The van der Waals surface area contributed by atoms with E-state index in [0.717, 1.165) is 6.08 Å². The van der Waals surface area contributed by atoms with Crippen LogP contribution in [-0.2, 0) is 23.9 Å². The molecule has 5 N–H and O–H groups in total. The summed E-state index contributed by atoms with van der Waals surface area (Å²) in [4.78, 5) is 50.6. The second-order valence-electron chi connectivity index (χ2n) is 9.60. The highest BCUT2D eigenvalue weighted by Crippen LogP contribution is 2.25. The van der Waals surface area contributed by atoms with Gasteiger partial charge in [-0.3, -0.25) is 14.4 Å². The number of Topliss-reactive ketones (excluding diaryl/α,β-unsaturated/α-hetero) is 1. The van der Waals surface area contributed by atoms with E-state index in [-0.39, 0.29) is 34.9 Å². The third-order valence-corrected chi connectivity index (χ3v) is 6.59. The van der Waals surface area contributed by atoms with E-state index in [4.69, 9.17) is 15.2 Å². The van der Waals surface area contributed by atoms with Crippen LogP contribution in [0.1, 0.15) is 46.5 Å². The molecule has 2 aliphatic rings. The summed E-state index contributed by atoms with van der Waals surface area (Å²) in [7, 11) is 1.44. The van der Waals surface area contributed by atoms with Gasteiger partial charge in [0.25, 0.3) is 5.91 Å². The summed E-state index contributed by atoms with van der Waals surface area (Å²) in [6, 6.07) is 0. The number of aliphatic hydroxyl groups is 1. The highest BCUT2D eigenvalue weighted by molar-refractivity contribution is 6.23. The van der Waals surface area contributed by atoms with Crippen molar-refractivity contribution >= 4 is 23.6 Å². The smallest absolute Gasteiger partial charge is 0.405 e. The highest BCUT2D eigenvalue weighted by Gasteiger charge is 2.30. The minimum atomic E-state index is -0.976. The Morgan fingerprint density at radius 1 is 1.28 bits per heavy atom. The summed E-state index contributed by atoms with van der Waals surface area (Å²) >= 11 is 0. The molecule has 212 valence electrons. The Labute approximate surface area is 229 Å². The number of ketones is 2. The molecule has 1 unspecified atom stereocenters. The predicted molar refractivity (Wildman–Crippen MR) is 147 cm³/mol. The maximum absolute atomic E-state index is 13.3. The van der Waals surface area contributed by atoms with E-state index in [1.807, 2.05) is 6.92 Å². The molecule has 0 spiro atoms. The second-order valence-corrected chi connectivity index (χ2v) is 9.60. The van der Waals surface area contributed by atoms with E-state index < -0.39 is 41.9 Å². The van der Waals surface area contributed by atoms with Gasteiger partial charge in [0.15, 0.2) is 6.10 Å². The number of ether oxygens (including phenoxy) is 2. The van der Waals surface area contributed by atoms with Gasteiger partial charge in [0, 0.05) is 36.8 Å². The zero-order chi connectivity index (χ0) is 29.1. The third-order valence-electron chi connectivity index (χ3n) is 6.59. The van der Waals surface area contributed by atoms with Crippen LogP contribution in [0.25, 0.3) is 0 Å². The number of fused-ring (bicyclic) bond motifs is 2. The molecule has 1 aliphatic carbocycles. The molecule has 4 atom stereocenters. The normalized spacial score (nSPS) is 29.3. The molecule has 0 aromatic carbocycles. The average Bonchev–Trinajstić information content (AvgIpc) is 2.88. The van der Waals surface area contributed by atoms with Crippen LogP contribution in [0.4, 0.5) is 4.79 Å². The molecular weight excluding hydrogens is 502 g/mol. The minimum Gasteiger partial charge on any atom is -0.439 e. The second kappa shape index (κ2) is 15.0. The van der Waals surface area contributed by atoms with Crippen LogP contribution in [0.3, 0.4) is 0 Å². The van der Waals surface area contributed by atoms with Gasteiger partial charge in [0.1, 0.15) is 6.10 Å². The number of nitrogens with one attached hydrogen (secondary N) is 2. The molecule has 0 saturated carbocycles. The van der Waals surface area contributed by atoms with Crippen molar-refractivity contribution in [2.75, 3.05) is 13.7 Å². The number of hydrogen-bond donors (Lipinski definition) is 4. The summed E-state index contributed by atoms with van der Waals surface area (Å²) in [5.74, 6) is -1.69. The van der Waals surface area contributed by atoms with Gasteiger partial charge in [-0.15, -0.1) is 6.58 Å². The van der Waals surface area contributed by atoms with Gasteiger partial charge < -0.3 is 30.9 Å². The molecule has 0 fully saturated rings. The van der Waals surface area contributed by atoms with E-state index in [1.165, 1.54) is 13.2 Å². The molecule has 39 heavy (non-hydrogen) atoms. The van der Waals surface area contributed by atoms with Crippen molar-refractivity contribution < 1.29 is 33.8 Å². The molecule has 0 aromatic rings. The molecule has 2 bridgehead atoms. The zero-order valence-electron chi connectivity index (χ0n) is 23.0. The Balaban J connectivity index is 2.48. The molecule has 1 aliphatic heterocycles. The largest absolute Gasteiger partial charge is 0.439 e. The van der Waals surface area contributed by atoms with Gasteiger partial charge in [-0.05, 0) is 38.7 Å². The topological polar surface area (TPSA) is 157 Å².